The third kappa shape index (κ3) is 4.37. The van der Waals surface area contributed by atoms with Crippen LogP contribution in [0, 0.1) is 0 Å². The fourth-order valence-corrected chi connectivity index (χ4v) is 3.38. The molecule has 3 N–H and O–H groups in total. The number of nitrogens with one attached hydrogen (secondary N) is 1. The summed E-state index contributed by atoms with van der Waals surface area (Å²) in [4.78, 5) is 2.15. The second kappa shape index (κ2) is 8.41. The van der Waals surface area contributed by atoms with E-state index >= 15 is 0 Å². The number of rotatable bonds is 7. The van der Waals surface area contributed by atoms with Crippen LogP contribution < -0.4 is 5.32 Å². The SMILES string of the molecule is CCCN(C)C1C(CNC2CCOCC2)OC(CO)C1O. The highest BCUT2D eigenvalue weighted by Gasteiger charge is 2.44. The van der Waals surface area contributed by atoms with Gasteiger partial charge in [0, 0.05) is 25.8 Å². The monoisotopic (exact) mass is 302 g/mol. The molecule has 4 unspecified atom stereocenters. The van der Waals surface area contributed by atoms with Crippen LogP contribution >= 0.6 is 0 Å². The number of nitrogens with zero attached hydrogens (tertiary/aromatic N) is 1. The molecule has 2 aliphatic heterocycles. The summed E-state index contributed by atoms with van der Waals surface area (Å²) in [6.45, 7) is 5.23. The Morgan fingerprint density at radius 2 is 1.95 bits per heavy atom. The quantitative estimate of drug-likeness (QED) is 0.593. The standard InChI is InChI=1S/C15H30N2O4/c1-3-6-17(2)14-12(21-13(10-18)15(14)19)9-16-11-4-7-20-8-5-11/h11-16,18-19H,3-10H2,1-2H3. The molecule has 6 heteroatoms. The van der Waals surface area contributed by atoms with Crippen molar-refractivity contribution in [2.24, 2.45) is 0 Å². The Balaban J connectivity index is 1.90. The summed E-state index contributed by atoms with van der Waals surface area (Å²) < 4.78 is 11.2. The average Bonchev–Trinajstić information content (AvgIpc) is 2.82. The van der Waals surface area contributed by atoms with Crippen molar-refractivity contribution in [1.82, 2.24) is 10.2 Å². The second-order valence-corrected chi connectivity index (χ2v) is 6.15. The van der Waals surface area contributed by atoms with E-state index in [0.717, 1.165) is 39.0 Å². The van der Waals surface area contributed by atoms with Gasteiger partial charge in [0.1, 0.15) is 12.2 Å². The van der Waals surface area contributed by atoms with E-state index in [1.165, 1.54) is 0 Å². The molecule has 0 aliphatic carbocycles. The van der Waals surface area contributed by atoms with Crippen molar-refractivity contribution in [1.29, 1.82) is 0 Å². The van der Waals surface area contributed by atoms with E-state index < -0.39 is 12.2 Å². The first-order valence-electron chi connectivity index (χ1n) is 8.13. The largest absolute Gasteiger partial charge is 0.394 e. The van der Waals surface area contributed by atoms with Crippen LogP contribution in [0.3, 0.4) is 0 Å². The Labute approximate surface area is 127 Å². The number of aliphatic hydroxyl groups is 2. The number of ether oxygens (including phenoxy) is 2. The molecular weight excluding hydrogens is 272 g/mol. The molecule has 2 saturated heterocycles. The van der Waals surface area contributed by atoms with E-state index in [1.54, 1.807) is 0 Å². The lowest BCUT2D eigenvalue weighted by atomic mass is 10.0. The van der Waals surface area contributed by atoms with Gasteiger partial charge in [-0.25, -0.2) is 0 Å². The third-order valence-corrected chi connectivity index (χ3v) is 4.56. The van der Waals surface area contributed by atoms with Gasteiger partial charge >= 0.3 is 0 Å². The van der Waals surface area contributed by atoms with Crippen LogP contribution in [0.25, 0.3) is 0 Å². The maximum atomic E-state index is 10.4. The molecule has 124 valence electrons. The minimum atomic E-state index is -0.631. The molecule has 0 aromatic heterocycles. The molecule has 0 spiro atoms. The predicted octanol–water partition coefficient (Wildman–Crippen LogP) is -0.414. The van der Waals surface area contributed by atoms with Crippen molar-refractivity contribution >= 4 is 0 Å². The molecule has 6 nitrogen and oxygen atoms in total. The minimum Gasteiger partial charge on any atom is -0.394 e. The highest BCUT2D eigenvalue weighted by atomic mass is 16.5. The molecule has 2 fully saturated rings. The number of aliphatic hydroxyl groups excluding tert-OH is 2. The van der Waals surface area contributed by atoms with E-state index in [1.807, 2.05) is 7.05 Å². The van der Waals surface area contributed by atoms with Gasteiger partial charge in [-0.3, -0.25) is 4.90 Å². The van der Waals surface area contributed by atoms with Crippen molar-refractivity contribution in [3.8, 4) is 0 Å². The van der Waals surface area contributed by atoms with Crippen LogP contribution in [0.15, 0.2) is 0 Å². The molecule has 4 atom stereocenters. The molecule has 0 bridgehead atoms. The van der Waals surface area contributed by atoms with Crippen LogP contribution in [0.4, 0.5) is 0 Å². The first-order valence-corrected chi connectivity index (χ1v) is 8.13. The highest BCUT2D eigenvalue weighted by Crippen LogP contribution is 2.25. The van der Waals surface area contributed by atoms with Crippen molar-refractivity contribution in [2.45, 2.75) is 56.6 Å². The van der Waals surface area contributed by atoms with Crippen LogP contribution in [-0.2, 0) is 9.47 Å². The van der Waals surface area contributed by atoms with Gasteiger partial charge in [-0.15, -0.1) is 0 Å². The van der Waals surface area contributed by atoms with Crippen molar-refractivity contribution in [3.05, 3.63) is 0 Å². The molecule has 0 radical (unpaired) electrons. The zero-order valence-corrected chi connectivity index (χ0v) is 13.2. The van der Waals surface area contributed by atoms with Crippen molar-refractivity contribution < 1.29 is 19.7 Å². The summed E-state index contributed by atoms with van der Waals surface area (Å²) >= 11 is 0. The first-order chi connectivity index (χ1) is 10.2. The lowest BCUT2D eigenvalue weighted by Crippen LogP contribution is -2.50. The zero-order valence-electron chi connectivity index (χ0n) is 13.2. The zero-order chi connectivity index (χ0) is 15.2. The van der Waals surface area contributed by atoms with Gasteiger partial charge in [-0.2, -0.15) is 0 Å². The van der Waals surface area contributed by atoms with Crippen LogP contribution in [0.1, 0.15) is 26.2 Å². The average molecular weight is 302 g/mol. The lowest BCUT2D eigenvalue weighted by Gasteiger charge is -2.31. The van der Waals surface area contributed by atoms with Crippen molar-refractivity contribution in [2.75, 3.05) is 40.0 Å². The molecular formula is C15H30N2O4. The van der Waals surface area contributed by atoms with Gasteiger partial charge in [0.15, 0.2) is 0 Å². The number of hydrogen-bond acceptors (Lipinski definition) is 6. The van der Waals surface area contributed by atoms with Gasteiger partial charge in [0.05, 0.1) is 18.8 Å². The minimum absolute atomic E-state index is 0.0607. The van der Waals surface area contributed by atoms with E-state index in [-0.39, 0.29) is 18.8 Å². The summed E-state index contributed by atoms with van der Waals surface area (Å²) in [7, 11) is 2.02. The lowest BCUT2D eigenvalue weighted by molar-refractivity contribution is -0.0229. The van der Waals surface area contributed by atoms with E-state index in [0.29, 0.717) is 12.6 Å². The molecule has 0 amide bonds. The summed E-state index contributed by atoms with van der Waals surface area (Å²) in [5.41, 5.74) is 0. The summed E-state index contributed by atoms with van der Waals surface area (Å²) in [5.74, 6) is 0. The highest BCUT2D eigenvalue weighted by molar-refractivity contribution is 4.97. The van der Waals surface area contributed by atoms with Crippen LogP contribution in [0.5, 0.6) is 0 Å². The maximum absolute atomic E-state index is 10.4. The maximum Gasteiger partial charge on any atom is 0.109 e. The summed E-state index contributed by atoms with van der Waals surface area (Å²) in [6.07, 6.45) is 1.88. The van der Waals surface area contributed by atoms with Crippen molar-refractivity contribution in [3.63, 3.8) is 0 Å². The van der Waals surface area contributed by atoms with E-state index in [9.17, 15) is 10.2 Å². The fourth-order valence-electron chi connectivity index (χ4n) is 3.38. The van der Waals surface area contributed by atoms with Gasteiger partial charge in [0.2, 0.25) is 0 Å². The predicted molar refractivity (Wildman–Crippen MR) is 80.3 cm³/mol. The molecule has 0 aromatic carbocycles. The molecule has 0 aromatic rings. The molecule has 21 heavy (non-hydrogen) atoms. The van der Waals surface area contributed by atoms with Gasteiger partial charge in [-0.1, -0.05) is 6.92 Å². The Hall–Kier alpha value is -0.240. The first kappa shape index (κ1) is 17.1. The molecule has 2 heterocycles. The normalized spacial score (nSPS) is 34.7. The molecule has 2 rings (SSSR count). The summed E-state index contributed by atoms with van der Waals surface area (Å²) in [5, 5.41) is 23.3. The van der Waals surface area contributed by atoms with Gasteiger partial charge < -0.3 is 25.0 Å². The Kier molecular flexibility index (Phi) is 6.85. The fraction of sp³-hybridized carbons (Fsp3) is 1.00. The smallest absolute Gasteiger partial charge is 0.109 e. The molecule has 0 saturated carbocycles. The Bertz CT molecular complexity index is 299. The van der Waals surface area contributed by atoms with Gasteiger partial charge in [-0.05, 0) is 32.9 Å². The topological polar surface area (TPSA) is 74.2 Å². The third-order valence-electron chi connectivity index (χ3n) is 4.56. The number of hydrogen-bond donors (Lipinski definition) is 3. The van der Waals surface area contributed by atoms with E-state index in [4.69, 9.17) is 9.47 Å². The van der Waals surface area contributed by atoms with Crippen LogP contribution in [-0.4, -0.2) is 85.5 Å². The van der Waals surface area contributed by atoms with Crippen LogP contribution in [0.2, 0.25) is 0 Å². The van der Waals surface area contributed by atoms with E-state index in [2.05, 4.69) is 17.1 Å². The summed E-state index contributed by atoms with van der Waals surface area (Å²) in [6, 6.07) is 0.402. The van der Waals surface area contributed by atoms with Gasteiger partial charge in [0.25, 0.3) is 0 Å². The second-order valence-electron chi connectivity index (χ2n) is 6.15. The Morgan fingerprint density at radius 3 is 2.57 bits per heavy atom. The molecule has 2 aliphatic rings. The number of likely N-dealkylation sites (N-methyl/N-ethyl adjacent to an activating group) is 1. The Morgan fingerprint density at radius 1 is 1.24 bits per heavy atom.